The van der Waals surface area contributed by atoms with Crippen LogP contribution in [-0.4, -0.2) is 28.3 Å². The molecule has 126 valence electrons. The van der Waals surface area contributed by atoms with Gasteiger partial charge < -0.3 is 15.2 Å². The number of anilines is 1. The van der Waals surface area contributed by atoms with Gasteiger partial charge in [0.05, 0.1) is 18.8 Å². The number of hydrogen-bond acceptors (Lipinski definition) is 4. The molecule has 0 fully saturated rings. The molecule has 1 aromatic heterocycles. The number of rotatable bonds is 3. The third-order valence-electron chi connectivity index (χ3n) is 4.41. The van der Waals surface area contributed by atoms with E-state index in [9.17, 15) is 9.90 Å². The van der Waals surface area contributed by atoms with Gasteiger partial charge >= 0.3 is 0 Å². The fourth-order valence-electron chi connectivity index (χ4n) is 3.13. The predicted octanol–water partition coefficient (Wildman–Crippen LogP) is 3.42. The second kappa shape index (κ2) is 5.98. The van der Waals surface area contributed by atoms with Crippen molar-refractivity contribution in [3.05, 3.63) is 53.7 Å². The number of aromatic hydroxyl groups is 1. The van der Waals surface area contributed by atoms with Crippen LogP contribution < -0.4 is 10.1 Å². The molecule has 1 aliphatic heterocycles. The zero-order valence-electron chi connectivity index (χ0n) is 13.6. The molecular formula is C19H17N3O3. The van der Waals surface area contributed by atoms with Crippen LogP contribution in [0.15, 0.2) is 42.6 Å². The molecular weight excluding hydrogens is 318 g/mol. The van der Waals surface area contributed by atoms with Crippen molar-refractivity contribution < 1.29 is 14.6 Å². The molecule has 2 heterocycles. The number of fused-ring (bicyclic) bond motifs is 2. The molecule has 0 aliphatic carbocycles. The second-order valence-electron chi connectivity index (χ2n) is 6.05. The molecule has 0 spiro atoms. The maximum Gasteiger partial charge on any atom is 0.225 e. The monoisotopic (exact) mass is 335 g/mol. The Morgan fingerprint density at radius 3 is 3.04 bits per heavy atom. The first-order chi connectivity index (χ1) is 12.1. The van der Waals surface area contributed by atoms with Crippen LogP contribution in [-0.2, 0) is 4.79 Å². The molecule has 1 unspecified atom stereocenters. The summed E-state index contributed by atoms with van der Waals surface area (Å²) < 4.78 is 5.13. The number of nitrogens with one attached hydrogen (secondary N) is 2. The van der Waals surface area contributed by atoms with Crippen molar-refractivity contribution in [2.75, 3.05) is 12.4 Å². The number of benzene rings is 2. The summed E-state index contributed by atoms with van der Waals surface area (Å²) in [6, 6.07) is 9.13. The Hall–Kier alpha value is -3.28. The molecule has 6 nitrogen and oxygen atoms in total. The Bertz CT molecular complexity index is 991. The summed E-state index contributed by atoms with van der Waals surface area (Å²) in [7, 11) is 1.51. The number of phenols is 1. The van der Waals surface area contributed by atoms with Gasteiger partial charge in [0.1, 0.15) is 0 Å². The quantitative estimate of drug-likeness (QED) is 0.684. The second-order valence-corrected chi connectivity index (χ2v) is 6.05. The van der Waals surface area contributed by atoms with E-state index in [4.69, 9.17) is 4.74 Å². The van der Waals surface area contributed by atoms with E-state index in [1.165, 1.54) is 7.11 Å². The molecule has 0 saturated carbocycles. The van der Waals surface area contributed by atoms with E-state index in [-0.39, 0.29) is 17.6 Å². The topological polar surface area (TPSA) is 87.2 Å². The van der Waals surface area contributed by atoms with Gasteiger partial charge in [0.2, 0.25) is 5.91 Å². The van der Waals surface area contributed by atoms with Crippen molar-refractivity contribution in [3.63, 3.8) is 0 Å². The van der Waals surface area contributed by atoms with Crippen LogP contribution >= 0.6 is 0 Å². The highest BCUT2D eigenvalue weighted by molar-refractivity contribution is 5.98. The van der Waals surface area contributed by atoms with Crippen LogP contribution in [0.4, 0.5) is 5.69 Å². The number of H-pyrrole nitrogens is 1. The van der Waals surface area contributed by atoms with Gasteiger partial charge in [0.15, 0.2) is 11.5 Å². The molecule has 0 saturated heterocycles. The van der Waals surface area contributed by atoms with Gasteiger partial charge in [-0.25, -0.2) is 0 Å². The largest absolute Gasteiger partial charge is 0.504 e. The summed E-state index contributed by atoms with van der Waals surface area (Å²) in [4.78, 5) is 12.0. The van der Waals surface area contributed by atoms with Gasteiger partial charge in [0.25, 0.3) is 0 Å². The van der Waals surface area contributed by atoms with Crippen molar-refractivity contribution in [1.29, 1.82) is 0 Å². The first kappa shape index (κ1) is 15.3. The van der Waals surface area contributed by atoms with E-state index in [1.54, 1.807) is 24.4 Å². The zero-order chi connectivity index (χ0) is 17.4. The highest BCUT2D eigenvalue weighted by atomic mass is 16.5. The molecule has 4 rings (SSSR count). The lowest BCUT2D eigenvalue weighted by Crippen LogP contribution is -2.21. The summed E-state index contributed by atoms with van der Waals surface area (Å²) in [5, 5.41) is 20.6. The molecule has 25 heavy (non-hydrogen) atoms. The van der Waals surface area contributed by atoms with E-state index < -0.39 is 0 Å². The third kappa shape index (κ3) is 2.82. The lowest BCUT2D eigenvalue weighted by atomic mass is 9.89. The number of methoxy groups -OCH3 is 1. The number of allylic oxidation sites excluding steroid dienone is 1. The number of carbonyl (C=O) groups is 1. The number of aromatic nitrogens is 2. The van der Waals surface area contributed by atoms with Crippen LogP contribution in [0.2, 0.25) is 0 Å². The van der Waals surface area contributed by atoms with Crippen molar-refractivity contribution in [2.24, 2.45) is 0 Å². The number of phenolic OH excluding ortho intramolecular Hbond substituents is 1. The average Bonchev–Trinajstić information content (AvgIpc) is 3.06. The molecule has 1 atom stereocenters. The number of nitrogens with zero attached hydrogens (tertiary/aromatic N) is 1. The van der Waals surface area contributed by atoms with Crippen LogP contribution in [0.25, 0.3) is 17.0 Å². The van der Waals surface area contributed by atoms with E-state index in [2.05, 4.69) is 21.6 Å². The first-order valence-corrected chi connectivity index (χ1v) is 7.96. The standard InChI is InChI=1S/C19H17N3O3/c1-25-18-6-11(3-5-17(18)23)2-4-12-8-19(24)21-16-9-15-13(7-14(12)16)10-20-22-15/h2-7,9-10,12,23H,8H2,1H3,(H,20,22)(H,21,24). The Labute approximate surface area is 144 Å². The SMILES string of the molecule is COc1cc(C=CC2CC(=O)Nc3cc4[nH]ncc4cc32)ccc1O. The van der Waals surface area contributed by atoms with E-state index in [1.807, 2.05) is 18.2 Å². The maximum absolute atomic E-state index is 12.0. The third-order valence-corrected chi connectivity index (χ3v) is 4.41. The molecule has 3 aromatic rings. The van der Waals surface area contributed by atoms with Gasteiger partial charge in [0, 0.05) is 23.4 Å². The summed E-state index contributed by atoms with van der Waals surface area (Å²) in [6.07, 6.45) is 6.11. The van der Waals surface area contributed by atoms with Crippen LogP contribution in [0.5, 0.6) is 11.5 Å². The van der Waals surface area contributed by atoms with Crippen molar-refractivity contribution in [3.8, 4) is 11.5 Å². The van der Waals surface area contributed by atoms with E-state index in [0.717, 1.165) is 27.7 Å². The molecule has 2 aromatic carbocycles. The summed E-state index contributed by atoms with van der Waals surface area (Å²) in [5.41, 5.74) is 3.67. The minimum atomic E-state index is -0.0251. The Balaban J connectivity index is 1.70. The maximum atomic E-state index is 12.0. The van der Waals surface area contributed by atoms with Crippen LogP contribution in [0, 0.1) is 0 Å². The smallest absolute Gasteiger partial charge is 0.225 e. The van der Waals surface area contributed by atoms with Gasteiger partial charge in [-0.15, -0.1) is 0 Å². The number of aromatic amines is 1. The normalized spacial score (nSPS) is 16.8. The molecule has 3 N–H and O–H groups in total. The average molecular weight is 335 g/mol. The Morgan fingerprint density at radius 2 is 2.20 bits per heavy atom. The Morgan fingerprint density at radius 1 is 1.32 bits per heavy atom. The highest BCUT2D eigenvalue weighted by Crippen LogP contribution is 2.36. The zero-order valence-corrected chi connectivity index (χ0v) is 13.6. The van der Waals surface area contributed by atoms with Gasteiger partial charge in [-0.2, -0.15) is 5.10 Å². The highest BCUT2D eigenvalue weighted by Gasteiger charge is 2.24. The molecule has 0 radical (unpaired) electrons. The van der Waals surface area contributed by atoms with E-state index >= 15 is 0 Å². The van der Waals surface area contributed by atoms with Crippen molar-refractivity contribution in [1.82, 2.24) is 10.2 Å². The number of ether oxygens (including phenoxy) is 1. The van der Waals surface area contributed by atoms with Crippen molar-refractivity contribution >= 4 is 28.6 Å². The molecule has 1 amide bonds. The van der Waals surface area contributed by atoms with Gasteiger partial charge in [-0.3, -0.25) is 9.89 Å². The summed E-state index contributed by atoms with van der Waals surface area (Å²) in [5.74, 6) is 0.487. The molecule has 6 heteroatoms. The van der Waals surface area contributed by atoms with Gasteiger partial charge in [-0.05, 0) is 35.4 Å². The minimum absolute atomic E-state index is 0.00991. The Kier molecular flexibility index (Phi) is 3.65. The van der Waals surface area contributed by atoms with Crippen LogP contribution in [0.3, 0.4) is 0 Å². The fraction of sp³-hybridized carbons (Fsp3) is 0.158. The lowest BCUT2D eigenvalue weighted by molar-refractivity contribution is -0.116. The van der Waals surface area contributed by atoms with E-state index in [0.29, 0.717) is 12.2 Å². The fourth-order valence-corrected chi connectivity index (χ4v) is 3.13. The minimum Gasteiger partial charge on any atom is -0.504 e. The van der Waals surface area contributed by atoms with Gasteiger partial charge in [-0.1, -0.05) is 18.2 Å². The van der Waals surface area contributed by atoms with Crippen molar-refractivity contribution in [2.45, 2.75) is 12.3 Å². The summed E-state index contributed by atoms with van der Waals surface area (Å²) in [6.45, 7) is 0. The molecule has 0 bridgehead atoms. The first-order valence-electron chi connectivity index (χ1n) is 7.96. The number of hydrogen-bond donors (Lipinski definition) is 3. The van der Waals surface area contributed by atoms with Crippen LogP contribution in [0.1, 0.15) is 23.5 Å². The summed E-state index contributed by atoms with van der Waals surface area (Å²) >= 11 is 0. The predicted molar refractivity (Wildman–Crippen MR) is 95.8 cm³/mol. The lowest BCUT2D eigenvalue weighted by Gasteiger charge is -2.23. The number of carbonyl (C=O) groups excluding carboxylic acids is 1. The molecule has 1 aliphatic rings. The number of amides is 1.